The summed E-state index contributed by atoms with van der Waals surface area (Å²) in [7, 11) is -3.50. The molecule has 1 rings (SSSR count). The van der Waals surface area contributed by atoms with E-state index in [1.54, 1.807) is 0 Å². The van der Waals surface area contributed by atoms with Crippen molar-refractivity contribution in [2.45, 2.75) is 32.6 Å². The Labute approximate surface area is 122 Å². The molecule has 0 atom stereocenters. The van der Waals surface area contributed by atoms with Crippen LogP contribution in [0.5, 0.6) is 0 Å². The zero-order valence-corrected chi connectivity index (χ0v) is 13.1. The van der Waals surface area contributed by atoms with Crippen LogP contribution in [-0.4, -0.2) is 53.8 Å². The average molecular weight is 309 g/mol. The molecule has 0 aromatic heterocycles. The van der Waals surface area contributed by atoms with Crippen LogP contribution in [0.4, 0.5) is 0 Å². The molecule has 0 aromatic rings. The van der Waals surface area contributed by atoms with Crippen molar-refractivity contribution in [1.29, 1.82) is 0 Å². The summed E-state index contributed by atoms with van der Waals surface area (Å²) in [6.07, 6.45) is 3.49. The van der Waals surface area contributed by atoms with Gasteiger partial charge in [-0.2, -0.15) is 0 Å². The molecule has 0 unspecified atom stereocenters. The Bertz CT molecular complexity index is 352. The van der Waals surface area contributed by atoms with E-state index in [9.17, 15) is 8.42 Å². The molecular weight excluding hydrogens is 282 g/mol. The van der Waals surface area contributed by atoms with Gasteiger partial charge in [0.25, 0.3) is 0 Å². The van der Waals surface area contributed by atoms with Gasteiger partial charge in [0.2, 0.25) is 10.0 Å². The molecule has 0 spiro atoms. The van der Waals surface area contributed by atoms with E-state index >= 15 is 0 Å². The van der Waals surface area contributed by atoms with Crippen LogP contribution < -0.4 is 5.14 Å². The van der Waals surface area contributed by atoms with Crippen LogP contribution >= 0.6 is 0 Å². The fourth-order valence-corrected chi connectivity index (χ4v) is 3.54. The molecular formula is C13H27NO5S. The Morgan fingerprint density at radius 2 is 1.80 bits per heavy atom. The number of unbranched alkanes of at least 4 members (excludes halogenated alkanes) is 1. The van der Waals surface area contributed by atoms with Crippen LogP contribution in [0.25, 0.3) is 0 Å². The molecule has 1 heterocycles. The predicted molar refractivity (Wildman–Crippen MR) is 77.0 cm³/mol. The molecule has 2 N–H and O–H groups in total. The van der Waals surface area contributed by atoms with Crippen LogP contribution in [0.1, 0.15) is 32.6 Å². The Balaban J connectivity index is 2.30. The predicted octanol–water partition coefficient (Wildman–Crippen LogP) is 0.905. The van der Waals surface area contributed by atoms with Gasteiger partial charge < -0.3 is 14.2 Å². The molecule has 120 valence electrons. The third-order valence-corrected chi connectivity index (χ3v) is 4.50. The lowest BCUT2D eigenvalue weighted by atomic mass is 9.83. The van der Waals surface area contributed by atoms with Crippen LogP contribution in [0.15, 0.2) is 0 Å². The van der Waals surface area contributed by atoms with Gasteiger partial charge in [0.05, 0.1) is 25.6 Å². The zero-order valence-electron chi connectivity index (χ0n) is 12.3. The first-order chi connectivity index (χ1) is 9.47. The average Bonchev–Trinajstić information content (AvgIpc) is 2.37. The van der Waals surface area contributed by atoms with Gasteiger partial charge in [-0.3, -0.25) is 0 Å². The van der Waals surface area contributed by atoms with Gasteiger partial charge in [0.1, 0.15) is 0 Å². The SMILES string of the molecule is CCCCOCCOCC1(CS(N)(=O)=O)CCOCC1. The van der Waals surface area contributed by atoms with Crippen molar-refractivity contribution in [3.8, 4) is 0 Å². The summed E-state index contributed by atoms with van der Waals surface area (Å²) in [5.41, 5.74) is -0.407. The lowest BCUT2D eigenvalue weighted by molar-refractivity contribution is -0.0402. The summed E-state index contributed by atoms with van der Waals surface area (Å²) < 4.78 is 39.0. The van der Waals surface area contributed by atoms with Crippen molar-refractivity contribution in [2.75, 3.05) is 45.4 Å². The number of primary sulfonamides is 1. The standard InChI is InChI=1S/C13H27NO5S/c1-2-3-6-17-9-10-19-11-13(12-20(14,15)16)4-7-18-8-5-13/h2-12H2,1H3,(H2,14,15,16). The highest BCUT2D eigenvalue weighted by molar-refractivity contribution is 7.89. The molecule has 1 saturated heterocycles. The molecule has 7 heteroatoms. The summed E-state index contributed by atoms with van der Waals surface area (Å²) in [6.45, 7) is 5.40. The van der Waals surface area contributed by atoms with Crippen molar-refractivity contribution < 1.29 is 22.6 Å². The zero-order chi connectivity index (χ0) is 14.9. The Morgan fingerprint density at radius 1 is 1.15 bits per heavy atom. The Morgan fingerprint density at radius 3 is 2.40 bits per heavy atom. The maximum atomic E-state index is 11.4. The van der Waals surface area contributed by atoms with Crippen LogP contribution in [0.3, 0.4) is 0 Å². The quantitative estimate of drug-likeness (QED) is 0.606. The van der Waals surface area contributed by atoms with Gasteiger partial charge in [-0.1, -0.05) is 13.3 Å². The number of sulfonamides is 1. The molecule has 0 radical (unpaired) electrons. The second-order valence-electron chi connectivity index (χ2n) is 5.44. The van der Waals surface area contributed by atoms with Gasteiger partial charge in [0, 0.05) is 25.2 Å². The van der Waals surface area contributed by atoms with Crippen molar-refractivity contribution in [1.82, 2.24) is 0 Å². The normalized spacial score (nSPS) is 19.1. The molecule has 0 saturated carbocycles. The highest BCUT2D eigenvalue weighted by Gasteiger charge is 2.36. The molecule has 1 aliphatic rings. The van der Waals surface area contributed by atoms with Crippen molar-refractivity contribution >= 4 is 10.0 Å². The smallest absolute Gasteiger partial charge is 0.209 e. The van der Waals surface area contributed by atoms with E-state index in [0.717, 1.165) is 19.4 Å². The molecule has 0 aromatic carbocycles. The van der Waals surface area contributed by atoms with Crippen LogP contribution in [0.2, 0.25) is 0 Å². The number of ether oxygens (including phenoxy) is 3. The molecule has 0 aliphatic carbocycles. The van der Waals surface area contributed by atoms with Gasteiger partial charge in [-0.25, -0.2) is 13.6 Å². The maximum Gasteiger partial charge on any atom is 0.209 e. The van der Waals surface area contributed by atoms with E-state index in [2.05, 4.69) is 6.92 Å². The highest BCUT2D eigenvalue weighted by Crippen LogP contribution is 2.32. The van der Waals surface area contributed by atoms with E-state index in [4.69, 9.17) is 19.3 Å². The Hall–Kier alpha value is -0.210. The van der Waals surface area contributed by atoms with Gasteiger partial charge in [0.15, 0.2) is 0 Å². The summed E-state index contributed by atoms with van der Waals surface area (Å²) >= 11 is 0. The number of hydrogen-bond acceptors (Lipinski definition) is 5. The fourth-order valence-electron chi connectivity index (χ4n) is 2.32. The topological polar surface area (TPSA) is 87.9 Å². The summed E-state index contributed by atoms with van der Waals surface area (Å²) in [5.74, 6) is -0.0416. The van der Waals surface area contributed by atoms with Crippen molar-refractivity contribution in [2.24, 2.45) is 10.6 Å². The first kappa shape index (κ1) is 17.8. The monoisotopic (exact) mass is 309 g/mol. The van der Waals surface area contributed by atoms with E-state index in [1.165, 1.54) is 0 Å². The second-order valence-corrected chi connectivity index (χ2v) is 7.05. The number of nitrogens with two attached hydrogens (primary N) is 1. The highest BCUT2D eigenvalue weighted by atomic mass is 32.2. The summed E-state index contributed by atoms with van der Waals surface area (Å²) in [5, 5.41) is 5.19. The van der Waals surface area contributed by atoms with Crippen LogP contribution in [0, 0.1) is 5.41 Å². The Kier molecular flexibility index (Phi) is 7.98. The van der Waals surface area contributed by atoms with E-state index in [0.29, 0.717) is 45.9 Å². The summed E-state index contributed by atoms with van der Waals surface area (Å²) in [4.78, 5) is 0. The first-order valence-corrected chi connectivity index (χ1v) is 8.93. The lowest BCUT2D eigenvalue weighted by Crippen LogP contribution is -2.42. The second kappa shape index (κ2) is 8.94. The molecule has 20 heavy (non-hydrogen) atoms. The lowest BCUT2D eigenvalue weighted by Gasteiger charge is -2.36. The van der Waals surface area contributed by atoms with Crippen molar-refractivity contribution in [3.05, 3.63) is 0 Å². The van der Waals surface area contributed by atoms with Gasteiger partial charge in [-0.05, 0) is 19.3 Å². The van der Waals surface area contributed by atoms with E-state index in [1.807, 2.05) is 0 Å². The van der Waals surface area contributed by atoms with E-state index < -0.39 is 15.4 Å². The number of hydrogen-bond donors (Lipinski definition) is 1. The van der Waals surface area contributed by atoms with Crippen molar-refractivity contribution in [3.63, 3.8) is 0 Å². The fraction of sp³-hybridized carbons (Fsp3) is 1.00. The molecule has 0 amide bonds. The first-order valence-electron chi connectivity index (χ1n) is 7.21. The van der Waals surface area contributed by atoms with Gasteiger partial charge in [-0.15, -0.1) is 0 Å². The van der Waals surface area contributed by atoms with E-state index in [-0.39, 0.29) is 5.75 Å². The maximum absolute atomic E-state index is 11.4. The molecule has 6 nitrogen and oxygen atoms in total. The minimum absolute atomic E-state index is 0.0416. The third kappa shape index (κ3) is 7.54. The third-order valence-electron chi connectivity index (χ3n) is 3.48. The minimum atomic E-state index is -3.50. The minimum Gasteiger partial charge on any atom is -0.381 e. The summed E-state index contributed by atoms with van der Waals surface area (Å²) in [6, 6.07) is 0. The largest absolute Gasteiger partial charge is 0.381 e. The molecule has 0 bridgehead atoms. The van der Waals surface area contributed by atoms with Crippen LogP contribution in [-0.2, 0) is 24.2 Å². The molecule has 1 aliphatic heterocycles. The molecule has 1 fully saturated rings. The number of rotatable bonds is 10. The van der Waals surface area contributed by atoms with Gasteiger partial charge >= 0.3 is 0 Å².